The molecule has 6 nitrogen and oxygen atoms in total. The number of ether oxygens (including phenoxy) is 1. The van der Waals surface area contributed by atoms with Crippen LogP contribution in [0.2, 0.25) is 0 Å². The second-order valence-corrected chi connectivity index (χ2v) is 10.4. The third-order valence-electron chi connectivity index (χ3n) is 5.17. The predicted molar refractivity (Wildman–Crippen MR) is 134 cm³/mol. The van der Waals surface area contributed by atoms with Gasteiger partial charge in [-0.2, -0.15) is 0 Å². The first-order valence-corrected chi connectivity index (χ1v) is 11.4. The quantitative estimate of drug-likeness (QED) is 0.271. The molecule has 164 valence electrons. The lowest BCUT2D eigenvalue weighted by molar-refractivity contribution is 0.314. The molecule has 30 heavy (non-hydrogen) atoms. The van der Waals surface area contributed by atoms with Crippen LogP contribution in [-0.2, 0) is 9.84 Å². The van der Waals surface area contributed by atoms with Crippen molar-refractivity contribution < 1.29 is 13.2 Å². The zero-order valence-electron chi connectivity index (χ0n) is 17.7. The minimum absolute atomic E-state index is 0. The second-order valence-electron chi connectivity index (χ2n) is 7.68. The molecule has 1 saturated heterocycles. The van der Waals surface area contributed by atoms with E-state index >= 15 is 0 Å². The van der Waals surface area contributed by atoms with E-state index in [2.05, 4.69) is 22.4 Å². The van der Waals surface area contributed by atoms with Crippen molar-refractivity contribution in [1.29, 1.82) is 0 Å². The smallest absolute Gasteiger partial charge is 0.193 e. The number of sulfone groups is 1. The summed E-state index contributed by atoms with van der Waals surface area (Å²) in [7, 11) is -1.36. The standard InChI is InChI=1S/C22H29N3O3S.HI/c1-22(2)17-25(14-16-29(22,26)27)21(23-3)24-13-15-28-20-12-8-7-11-19(20)18-9-5-4-6-10-18;/h4-12H,13-17H2,1-3H3,(H,23,24);1H. The van der Waals surface area contributed by atoms with Crippen molar-refractivity contribution >= 4 is 39.8 Å². The van der Waals surface area contributed by atoms with Crippen LogP contribution in [0.15, 0.2) is 59.6 Å². The number of para-hydroxylation sites is 1. The van der Waals surface area contributed by atoms with Crippen LogP contribution in [0.25, 0.3) is 11.1 Å². The van der Waals surface area contributed by atoms with Gasteiger partial charge in [0.05, 0.1) is 17.0 Å². The molecule has 0 aromatic heterocycles. The zero-order valence-corrected chi connectivity index (χ0v) is 20.8. The summed E-state index contributed by atoms with van der Waals surface area (Å²) < 4.78 is 29.7. The van der Waals surface area contributed by atoms with Gasteiger partial charge in [-0.1, -0.05) is 48.5 Å². The van der Waals surface area contributed by atoms with Gasteiger partial charge >= 0.3 is 0 Å². The first kappa shape index (κ1) is 24.5. The molecule has 0 bridgehead atoms. The highest BCUT2D eigenvalue weighted by atomic mass is 127. The average molecular weight is 543 g/mol. The number of rotatable bonds is 5. The molecule has 0 amide bonds. The molecule has 0 saturated carbocycles. The van der Waals surface area contributed by atoms with Gasteiger partial charge in [0.1, 0.15) is 12.4 Å². The fraction of sp³-hybridized carbons (Fsp3) is 0.409. The van der Waals surface area contributed by atoms with Crippen LogP contribution < -0.4 is 10.1 Å². The minimum Gasteiger partial charge on any atom is -0.491 e. The second kappa shape index (κ2) is 10.5. The molecule has 8 heteroatoms. The molecule has 1 N–H and O–H groups in total. The number of halogens is 1. The summed E-state index contributed by atoms with van der Waals surface area (Å²) in [4.78, 5) is 6.31. The summed E-state index contributed by atoms with van der Waals surface area (Å²) >= 11 is 0. The molecule has 1 fully saturated rings. The summed E-state index contributed by atoms with van der Waals surface area (Å²) in [6.07, 6.45) is 0. The van der Waals surface area contributed by atoms with E-state index in [9.17, 15) is 8.42 Å². The molecular formula is C22H30IN3O3S. The fourth-order valence-electron chi connectivity index (χ4n) is 3.43. The van der Waals surface area contributed by atoms with E-state index in [1.165, 1.54) is 0 Å². The molecule has 1 aliphatic heterocycles. The summed E-state index contributed by atoms with van der Waals surface area (Å²) in [6.45, 7) is 5.45. The Morgan fingerprint density at radius 1 is 1.13 bits per heavy atom. The van der Waals surface area contributed by atoms with Gasteiger partial charge in [-0.25, -0.2) is 8.42 Å². The van der Waals surface area contributed by atoms with Crippen LogP contribution in [-0.4, -0.2) is 63.1 Å². The first-order chi connectivity index (χ1) is 13.8. The Morgan fingerprint density at radius 3 is 2.47 bits per heavy atom. The maximum Gasteiger partial charge on any atom is 0.193 e. The predicted octanol–water partition coefficient (Wildman–Crippen LogP) is 3.43. The topological polar surface area (TPSA) is 71.0 Å². The SMILES string of the molecule is CN=C(NCCOc1ccccc1-c1ccccc1)N1CCS(=O)(=O)C(C)(C)C1.I. The van der Waals surface area contributed by atoms with Crippen molar-refractivity contribution in [3.05, 3.63) is 54.6 Å². The van der Waals surface area contributed by atoms with Crippen LogP contribution in [0, 0.1) is 0 Å². The number of guanidine groups is 1. The molecule has 1 aliphatic rings. The number of hydrogen-bond acceptors (Lipinski definition) is 4. The lowest BCUT2D eigenvalue weighted by Crippen LogP contribution is -2.57. The van der Waals surface area contributed by atoms with Gasteiger partial charge in [-0.15, -0.1) is 24.0 Å². The zero-order chi connectivity index (χ0) is 20.9. The molecule has 0 unspecified atom stereocenters. The molecule has 1 heterocycles. The summed E-state index contributed by atoms with van der Waals surface area (Å²) in [5.74, 6) is 1.68. The molecule has 0 radical (unpaired) electrons. The van der Waals surface area contributed by atoms with Gasteiger partial charge in [0.15, 0.2) is 15.8 Å². The van der Waals surface area contributed by atoms with Gasteiger partial charge < -0.3 is 15.0 Å². The highest BCUT2D eigenvalue weighted by Crippen LogP contribution is 2.29. The normalized spacial score (nSPS) is 17.7. The van der Waals surface area contributed by atoms with Crippen molar-refractivity contribution in [1.82, 2.24) is 10.2 Å². The minimum atomic E-state index is -3.08. The van der Waals surface area contributed by atoms with Crippen molar-refractivity contribution in [3.8, 4) is 16.9 Å². The Balaban J connectivity index is 0.00000320. The molecule has 0 atom stereocenters. The summed E-state index contributed by atoms with van der Waals surface area (Å²) in [6, 6.07) is 18.1. The number of nitrogens with one attached hydrogen (secondary N) is 1. The molecular weight excluding hydrogens is 513 g/mol. The summed E-state index contributed by atoms with van der Waals surface area (Å²) in [5, 5.41) is 3.29. The number of benzene rings is 2. The summed E-state index contributed by atoms with van der Waals surface area (Å²) in [5.41, 5.74) is 2.17. The van der Waals surface area contributed by atoms with Crippen molar-refractivity contribution in [3.63, 3.8) is 0 Å². The Hall–Kier alpha value is -1.81. The van der Waals surface area contributed by atoms with E-state index in [4.69, 9.17) is 4.74 Å². The molecule has 3 rings (SSSR count). The van der Waals surface area contributed by atoms with E-state index in [1.54, 1.807) is 20.9 Å². The third kappa shape index (κ3) is 5.66. The van der Waals surface area contributed by atoms with Crippen molar-refractivity contribution in [2.45, 2.75) is 18.6 Å². The van der Waals surface area contributed by atoms with Gasteiger partial charge in [0.25, 0.3) is 0 Å². The largest absolute Gasteiger partial charge is 0.491 e. The average Bonchev–Trinajstić information content (AvgIpc) is 2.71. The van der Waals surface area contributed by atoms with E-state index in [1.807, 2.05) is 47.4 Å². The van der Waals surface area contributed by atoms with E-state index in [0.717, 1.165) is 16.9 Å². The van der Waals surface area contributed by atoms with Crippen LogP contribution >= 0.6 is 24.0 Å². The van der Waals surface area contributed by atoms with Crippen LogP contribution in [0.5, 0.6) is 5.75 Å². The van der Waals surface area contributed by atoms with Gasteiger partial charge in [0, 0.05) is 25.7 Å². The monoisotopic (exact) mass is 543 g/mol. The maximum atomic E-state index is 12.2. The molecule has 2 aromatic rings. The van der Waals surface area contributed by atoms with Gasteiger partial charge in [-0.05, 0) is 25.5 Å². The Bertz CT molecular complexity index is 963. The highest BCUT2D eigenvalue weighted by Gasteiger charge is 2.40. The lowest BCUT2D eigenvalue weighted by Gasteiger charge is -2.39. The fourth-order valence-corrected chi connectivity index (χ4v) is 4.80. The number of hydrogen-bond donors (Lipinski definition) is 1. The lowest BCUT2D eigenvalue weighted by atomic mass is 10.1. The highest BCUT2D eigenvalue weighted by molar-refractivity contribution is 14.0. The van der Waals surface area contributed by atoms with Crippen molar-refractivity contribution in [2.75, 3.05) is 39.0 Å². The Morgan fingerprint density at radius 2 is 1.80 bits per heavy atom. The molecule has 0 spiro atoms. The molecule has 0 aliphatic carbocycles. The molecule has 2 aromatic carbocycles. The number of aliphatic imine (C=N–C) groups is 1. The van der Waals surface area contributed by atoms with Gasteiger partial charge in [0.2, 0.25) is 0 Å². The van der Waals surface area contributed by atoms with Crippen LogP contribution in [0.3, 0.4) is 0 Å². The first-order valence-electron chi connectivity index (χ1n) is 9.79. The van der Waals surface area contributed by atoms with Gasteiger partial charge in [-0.3, -0.25) is 4.99 Å². The van der Waals surface area contributed by atoms with E-state index in [0.29, 0.717) is 32.2 Å². The number of nitrogens with zero attached hydrogens (tertiary/aromatic N) is 2. The Labute approximate surface area is 196 Å². The van der Waals surface area contributed by atoms with Crippen LogP contribution in [0.4, 0.5) is 0 Å². The van der Waals surface area contributed by atoms with Crippen LogP contribution in [0.1, 0.15) is 13.8 Å². The van der Waals surface area contributed by atoms with E-state index < -0.39 is 14.6 Å². The maximum absolute atomic E-state index is 12.2. The Kier molecular flexibility index (Phi) is 8.54. The third-order valence-corrected chi connectivity index (χ3v) is 7.70. The van der Waals surface area contributed by atoms with E-state index in [-0.39, 0.29) is 29.7 Å². The van der Waals surface area contributed by atoms with Crippen molar-refractivity contribution in [2.24, 2.45) is 4.99 Å².